The van der Waals surface area contributed by atoms with Gasteiger partial charge in [0, 0.05) is 30.0 Å². The van der Waals surface area contributed by atoms with Crippen LogP contribution in [0.3, 0.4) is 0 Å². The van der Waals surface area contributed by atoms with Gasteiger partial charge >= 0.3 is 0 Å². The van der Waals surface area contributed by atoms with Gasteiger partial charge < -0.3 is 4.74 Å². The molecule has 0 radical (unpaired) electrons. The molecule has 0 spiro atoms. The maximum absolute atomic E-state index is 5.78. The van der Waals surface area contributed by atoms with E-state index in [9.17, 15) is 0 Å². The molecule has 0 amide bonds. The summed E-state index contributed by atoms with van der Waals surface area (Å²) < 4.78 is 5.78. The lowest BCUT2D eigenvalue weighted by atomic mass is 9.63. The minimum Gasteiger partial charge on any atom is -0.380 e. The fraction of sp³-hybridized carbons (Fsp3) is 1.00. The average Bonchev–Trinajstić information content (AvgIpc) is 2.53. The summed E-state index contributed by atoms with van der Waals surface area (Å²) in [5.74, 6) is 0.728. The molecule has 2 atom stereocenters. The number of ether oxygens (including phenoxy) is 1. The first-order valence-electron chi connectivity index (χ1n) is 6.50. The van der Waals surface area contributed by atoms with Crippen molar-refractivity contribution in [3.05, 3.63) is 0 Å². The lowest BCUT2D eigenvalue weighted by Crippen LogP contribution is -2.46. The third-order valence-corrected chi connectivity index (χ3v) is 4.82. The highest BCUT2D eigenvalue weighted by Crippen LogP contribution is 2.53. The van der Waals surface area contributed by atoms with Crippen LogP contribution in [0.2, 0.25) is 0 Å². The van der Waals surface area contributed by atoms with Crippen LogP contribution in [0.5, 0.6) is 0 Å². The van der Waals surface area contributed by atoms with Crippen molar-refractivity contribution >= 4 is 0 Å². The molecule has 94 valence electrons. The number of hydrogen-bond donors (Lipinski definition) is 0. The number of nitrogens with zero attached hydrogens (tertiary/aromatic N) is 1. The molecule has 0 saturated carbocycles. The normalized spacial score (nSPS) is 36.8. The van der Waals surface area contributed by atoms with E-state index in [0.29, 0.717) is 16.4 Å². The summed E-state index contributed by atoms with van der Waals surface area (Å²) in [5, 5.41) is 0. The Hall–Kier alpha value is -0.0800. The summed E-state index contributed by atoms with van der Waals surface area (Å²) in [5.41, 5.74) is 1.01. The predicted octanol–water partition coefficient (Wildman–Crippen LogP) is 2.78. The van der Waals surface area contributed by atoms with Crippen LogP contribution in [0, 0.1) is 16.7 Å². The Morgan fingerprint density at radius 1 is 1.12 bits per heavy atom. The summed E-state index contributed by atoms with van der Waals surface area (Å²) in [6, 6.07) is 0. The number of hydrogen-bond acceptors (Lipinski definition) is 2. The van der Waals surface area contributed by atoms with Crippen LogP contribution in [0.4, 0.5) is 0 Å². The van der Waals surface area contributed by atoms with Gasteiger partial charge in [-0.15, -0.1) is 0 Å². The lowest BCUT2D eigenvalue weighted by molar-refractivity contribution is 0.0329. The van der Waals surface area contributed by atoms with Crippen LogP contribution in [0.15, 0.2) is 0 Å². The Labute approximate surface area is 100 Å². The van der Waals surface area contributed by atoms with E-state index in [1.54, 1.807) is 0 Å². The van der Waals surface area contributed by atoms with Crippen molar-refractivity contribution in [2.75, 3.05) is 26.3 Å². The van der Waals surface area contributed by atoms with Gasteiger partial charge in [0.15, 0.2) is 0 Å². The van der Waals surface area contributed by atoms with Gasteiger partial charge in [-0.3, -0.25) is 4.90 Å². The lowest BCUT2D eigenvalue weighted by Gasteiger charge is -2.42. The van der Waals surface area contributed by atoms with E-state index in [0.717, 1.165) is 19.1 Å². The quantitative estimate of drug-likeness (QED) is 0.628. The van der Waals surface area contributed by atoms with Crippen LogP contribution in [-0.4, -0.2) is 36.7 Å². The van der Waals surface area contributed by atoms with Gasteiger partial charge in [0.2, 0.25) is 0 Å². The van der Waals surface area contributed by atoms with Gasteiger partial charge in [-0.1, -0.05) is 20.8 Å². The molecular weight excluding hydrogens is 198 g/mol. The van der Waals surface area contributed by atoms with Crippen molar-refractivity contribution in [1.29, 1.82) is 0 Å². The molecule has 2 aliphatic rings. The highest BCUT2D eigenvalue weighted by Gasteiger charge is 2.57. The zero-order chi connectivity index (χ0) is 12.2. The van der Waals surface area contributed by atoms with Gasteiger partial charge in [0.1, 0.15) is 0 Å². The summed E-state index contributed by atoms with van der Waals surface area (Å²) in [4.78, 5) is 2.64. The molecule has 0 aromatic rings. The van der Waals surface area contributed by atoms with Gasteiger partial charge in [-0.05, 0) is 26.2 Å². The molecule has 2 unspecified atom stereocenters. The molecule has 2 aliphatic heterocycles. The Morgan fingerprint density at radius 3 is 2.19 bits per heavy atom. The first-order chi connectivity index (χ1) is 7.17. The molecule has 2 nitrogen and oxygen atoms in total. The largest absolute Gasteiger partial charge is 0.380 e. The van der Waals surface area contributed by atoms with E-state index in [1.165, 1.54) is 13.1 Å². The Morgan fingerprint density at radius 2 is 1.75 bits per heavy atom. The van der Waals surface area contributed by atoms with Crippen LogP contribution >= 0.6 is 0 Å². The van der Waals surface area contributed by atoms with Crippen molar-refractivity contribution in [2.24, 2.45) is 16.7 Å². The first kappa shape index (κ1) is 12.4. The minimum absolute atomic E-state index is 0.294. The molecule has 0 aliphatic carbocycles. The number of likely N-dealkylation sites (tertiary alicyclic amines) is 1. The zero-order valence-corrected chi connectivity index (χ0v) is 11.8. The second-order valence-corrected chi connectivity index (χ2v) is 7.67. The summed E-state index contributed by atoms with van der Waals surface area (Å²) >= 11 is 0. The molecule has 0 aromatic carbocycles. The Bertz CT molecular complexity index is 273. The molecule has 2 rings (SSSR count). The van der Waals surface area contributed by atoms with Crippen LogP contribution < -0.4 is 0 Å². The maximum Gasteiger partial charge on any atom is 0.0543 e. The van der Waals surface area contributed by atoms with Crippen molar-refractivity contribution in [3.63, 3.8) is 0 Å². The standard InChI is InChI=1S/C14H27NO/c1-12(2,3)14-9-15(13(4,5)6)7-11(14)8-16-10-14/h11H,7-10H2,1-6H3. The highest BCUT2D eigenvalue weighted by molar-refractivity contribution is 5.07. The van der Waals surface area contributed by atoms with E-state index >= 15 is 0 Å². The molecular formula is C14H27NO. The molecule has 16 heavy (non-hydrogen) atoms. The van der Waals surface area contributed by atoms with Crippen molar-refractivity contribution in [3.8, 4) is 0 Å². The van der Waals surface area contributed by atoms with E-state index in [2.05, 4.69) is 46.4 Å². The van der Waals surface area contributed by atoms with Gasteiger partial charge in [-0.2, -0.15) is 0 Å². The molecule has 2 heterocycles. The third-order valence-electron chi connectivity index (χ3n) is 4.82. The first-order valence-corrected chi connectivity index (χ1v) is 6.50. The van der Waals surface area contributed by atoms with Crippen molar-refractivity contribution in [2.45, 2.75) is 47.1 Å². The topological polar surface area (TPSA) is 12.5 Å². The van der Waals surface area contributed by atoms with Crippen molar-refractivity contribution < 1.29 is 4.74 Å². The van der Waals surface area contributed by atoms with Crippen LogP contribution in [0.1, 0.15) is 41.5 Å². The second-order valence-electron chi connectivity index (χ2n) is 7.67. The number of rotatable bonds is 0. The van der Waals surface area contributed by atoms with Crippen molar-refractivity contribution in [1.82, 2.24) is 4.90 Å². The fourth-order valence-corrected chi connectivity index (χ4v) is 3.31. The number of fused-ring (bicyclic) bond motifs is 1. The monoisotopic (exact) mass is 225 g/mol. The SMILES string of the molecule is CC(C)(C)N1CC2COCC2(C(C)(C)C)C1. The average molecular weight is 225 g/mol. The van der Waals surface area contributed by atoms with E-state index in [-0.39, 0.29) is 0 Å². The van der Waals surface area contributed by atoms with Gasteiger partial charge in [0.05, 0.1) is 13.2 Å². The summed E-state index contributed by atoms with van der Waals surface area (Å²) in [6.07, 6.45) is 0. The smallest absolute Gasteiger partial charge is 0.0543 e. The highest BCUT2D eigenvalue weighted by atomic mass is 16.5. The molecule has 2 heteroatoms. The van der Waals surface area contributed by atoms with Gasteiger partial charge in [-0.25, -0.2) is 0 Å². The minimum atomic E-state index is 0.294. The Kier molecular flexibility index (Phi) is 2.67. The maximum atomic E-state index is 5.78. The van der Waals surface area contributed by atoms with Crippen LogP contribution in [0.25, 0.3) is 0 Å². The molecule has 2 saturated heterocycles. The fourth-order valence-electron chi connectivity index (χ4n) is 3.31. The summed E-state index contributed by atoms with van der Waals surface area (Å²) in [7, 11) is 0. The molecule has 0 aromatic heterocycles. The summed E-state index contributed by atoms with van der Waals surface area (Å²) in [6.45, 7) is 18.4. The van der Waals surface area contributed by atoms with E-state index in [4.69, 9.17) is 4.74 Å². The van der Waals surface area contributed by atoms with Gasteiger partial charge in [0.25, 0.3) is 0 Å². The van der Waals surface area contributed by atoms with Crippen LogP contribution in [-0.2, 0) is 4.74 Å². The molecule has 0 N–H and O–H groups in total. The van der Waals surface area contributed by atoms with E-state index < -0.39 is 0 Å². The predicted molar refractivity (Wildman–Crippen MR) is 67.5 cm³/mol. The second kappa shape index (κ2) is 3.46. The third kappa shape index (κ3) is 1.70. The molecule has 2 fully saturated rings. The molecule has 0 bridgehead atoms. The zero-order valence-electron chi connectivity index (χ0n) is 11.8. The van der Waals surface area contributed by atoms with E-state index in [1.807, 2.05) is 0 Å². The Balaban J connectivity index is 2.25.